The van der Waals surface area contributed by atoms with Gasteiger partial charge in [0.1, 0.15) is 0 Å². The molecule has 0 saturated heterocycles. The highest BCUT2D eigenvalue weighted by atomic mass is 16.1. The van der Waals surface area contributed by atoms with Crippen LogP contribution in [0.15, 0.2) is 12.4 Å². The first kappa shape index (κ1) is 12.2. The second-order valence-electron chi connectivity index (χ2n) is 4.17. The summed E-state index contributed by atoms with van der Waals surface area (Å²) in [6.45, 7) is 2.36. The predicted molar refractivity (Wildman–Crippen MR) is 66.7 cm³/mol. The van der Waals surface area contributed by atoms with E-state index in [1.165, 1.54) is 4.68 Å². The molecule has 0 atom stereocenters. The first-order chi connectivity index (χ1) is 8.49. The van der Waals surface area contributed by atoms with Crippen molar-refractivity contribution in [3.8, 4) is 0 Å². The molecular formula is C11H16N6O. The van der Waals surface area contributed by atoms with Crippen LogP contribution in [-0.2, 0) is 20.6 Å². The lowest BCUT2D eigenvalue weighted by molar-refractivity contribution is 0.0946. The molecule has 0 aliphatic rings. The summed E-state index contributed by atoms with van der Waals surface area (Å²) in [4.78, 5) is 11.9. The lowest BCUT2D eigenvalue weighted by atomic mass is 10.2. The van der Waals surface area contributed by atoms with Crippen molar-refractivity contribution in [2.75, 3.05) is 5.73 Å². The maximum Gasteiger partial charge on any atom is 0.274 e. The van der Waals surface area contributed by atoms with Gasteiger partial charge < -0.3 is 11.1 Å². The number of anilines is 1. The molecule has 0 fully saturated rings. The van der Waals surface area contributed by atoms with Crippen LogP contribution in [0, 0.1) is 6.92 Å². The lowest BCUT2D eigenvalue weighted by Crippen LogP contribution is -2.24. The fraction of sp³-hybridized carbons (Fsp3) is 0.364. The molecule has 0 saturated carbocycles. The van der Waals surface area contributed by atoms with Gasteiger partial charge in [0.15, 0.2) is 5.69 Å². The fourth-order valence-electron chi connectivity index (χ4n) is 1.66. The molecule has 2 heterocycles. The molecule has 0 aliphatic carbocycles. The molecule has 18 heavy (non-hydrogen) atoms. The molecule has 7 heteroatoms. The molecule has 0 unspecified atom stereocenters. The number of hydrogen-bond acceptors (Lipinski definition) is 4. The van der Waals surface area contributed by atoms with Gasteiger partial charge in [0, 0.05) is 38.1 Å². The van der Waals surface area contributed by atoms with Gasteiger partial charge in [-0.25, -0.2) is 0 Å². The third-order valence-electron chi connectivity index (χ3n) is 2.85. The summed E-state index contributed by atoms with van der Waals surface area (Å²) >= 11 is 0. The van der Waals surface area contributed by atoms with Crippen molar-refractivity contribution in [3.63, 3.8) is 0 Å². The van der Waals surface area contributed by atoms with Gasteiger partial charge in [0.25, 0.3) is 5.91 Å². The van der Waals surface area contributed by atoms with E-state index < -0.39 is 0 Å². The second-order valence-corrected chi connectivity index (χ2v) is 4.17. The Morgan fingerprint density at radius 1 is 1.50 bits per heavy atom. The van der Waals surface area contributed by atoms with Crippen LogP contribution in [-0.4, -0.2) is 25.5 Å². The Morgan fingerprint density at radius 2 is 2.22 bits per heavy atom. The van der Waals surface area contributed by atoms with Gasteiger partial charge in [0.05, 0.1) is 11.9 Å². The number of rotatable bonds is 3. The van der Waals surface area contributed by atoms with Gasteiger partial charge in [-0.3, -0.25) is 14.2 Å². The number of nitrogens with two attached hydrogens (primary N) is 1. The largest absolute Gasteiger partial charge is 0.396 e. The number of nitrogens with zero attached hydrogens (tertiary/aromatic N) is 4. The van der Waals surface area contributed by atoms with Crippen molar-refractivity contribution in [1.82, 2.24) is 24.9 Å². The summed E-state index contributed by atoms with van der Waals surface area (Å²) in [6, 6.07) is 0. The van der Waals surface area contributed by atoms with Crippen molar-refractivity contribution in [1.29, 1.82) is 0 Å². The van der Waals surface area contributed by atoms with Crippen molar-refractivity contribution >= 4 is 11.6 Å². The average Bonchev–Trinajstić information content (AvgIpc) is 2.81. The second kappa shape index (κ2) is 4.52. The highest BCUT2D eigenvalue weighted by molar-refractivity contribution is 5.96. The zero-order valence-electron chi connectivity index (χ0n) is 10.6. The minimum absolute atomic E-state index is 0.249. The Kier molecular flexibility index (Phi) is 3.05. The summed E-state index contributed by atoms with van der Waals surface area (Å²) < 4.78 is 3.27. The summed E-state index contributed by atoms with van der Waals surface area (Å²) in [7, 11) is 3.58. The number of carbonyl (C=O) groups is 1. The van der Waals surface area contributed by atoms with E-state index in [0.29, 0.717) is 12.2 Å². The summed E-state index contributed by atoms with van der Waals surface area (Å²) in [5, 5.41) is 10.9. The zero-order chi connectivity index (χ0) is 13.3. The average molecular weight is 248 g/mol. The monoisotopic (exact) mass is 248 g/mol. The molecule has 0 aliphatic heterocycles. The predicted octanol–water partition coefficient (Wildman–Crippen LogP) is -0.0258. The number of nitrogen functional groups attached to an aromatic ring is 1. The van der Waals surface area contributed by atoms with Crippen LogP contribution in [0.5, 0.6) is 0 Å². The maximum absolute atomic E-state index is 11.9. The van der Waals surface area contributed by atoms with Crippen LogP contribution in [0.3, 0.4) is 0 Å². The highest BCUT2D eigenvalue weighted by Gasteiger charge is 2.14. The third kappa shape index (κ3) is 2.20. The Morgan fingerprint density at radius 3 is 2.72 bits per heavy atom. The lowest BCUT2D eigenvalue weighted by Gasteiger charge is -2.03. The van der Waals surface area contributed by atoms with Crippen molar-refractivity contribution in [2.45, 2.75) is 13.5 Å². The van der Waals surface area contributed by atoms with E-state index in [1.54, 1.807) is 24.1 Å². The molecule has 7 nitrogen and oxygen atoms in total. The van der Waals surface area contributed by atoms with Gasteiger partial charge in [-0.2, -0.15) is 10.2 Å². The van der Waals surface area contributed by atoms with E-state index >= 15 is 0 Å². The first-order valence-corrected chi connectivity index (χ1v) is 5.54. The van der Waals surface area contributed by atoms with E-state index in [0.717, 1.165) is 11.3 Å². The van der Waals surface area contributed by atoms with Gasteiger partial charge in [0.2, 0.25) is 0 Å². The minimum atomic E-state index is -0.281. The number of nitrogens with one attached hydrogen (secondary N) is 1. The number of hydrogen-bond donors (Lipinski definition) is 2. The van der Waals surface area contributed by atoms with Gasteiger partial charge in [-0.1, -0.05) is 0 Å². The SMILES string of the molecule is Cc1c(CNC(=O)c2nn(C)cc2N)cnn1C. The van der Waals surface area contributed by atoms with Crippen molar-refractivity contribution < 1.29 is 4.79 Å². The minimum Gasteiger partial charge on any atom is -0.396 e. The number of amides is 1. The van der Waals surface area contributed by atoms with E-state index in [1.807, 2.05) is 14.0 Å². The number of carbonyl (C=O) groups excluding carboxylic acids is 1. The van der Waals surface area contributed by atoms with E-state index in [4.69, 9.17) is 5.73 Å². The molecule has 0 bridgehead atoms. The summed E-state index contributed by atoms with van der Waals surface area (Å²) in [6.07, 6.45) is 3.33. The Bertz CT molecular complexity index is 582. The van der Waals surface area contributed by atoms with Gasteiger partial charge in [-0.05, 0) is 6.92 Å². The molecule has 2 aromatic heterocycles. The van der Waals surface area contributed by atoms with Gasteiger partial charge in [-0.15, -0.1) is 0 Å². The smallest absolute Gasteiger partial charge is 0.274 e. The zero-order valence-corrected chi connectivity index (χ0v) is 10.6. The Labute approximate surface area is 105 Å². The highest BCUT2D eigenvalue weighted by Crippen LogP contribution is 2.09. The number of aryl methyl sites for hydroxylation is 2. The van der Waals surface area contributed by atoms with E-state index in [9.17, 15) is 4.79 Å². The fourth-order valence-corrected chi connectivity index (χ4v) is 1.66. The summed E-state index contributed by atoms with van der Waals surface area (Å²) in [5.74, 6) is -0.281. The molecule has 2 rings (SSSR count). The number of aromatic nitrogens is 4. The standard InChI is InChI=1S/C11H16N6O/c1-7-8(5-14-17(7)3)4-13-11(18)10-9(12)6-16(2)15-10/h5-6H,4,12H2,1-3H3,(H,13,18). The Hall–Kier alpha value is -2.31. The van der Waals surface area contributed by atoms with Crippen LogP contribution in [0.4, 0.5) is 5.69 Å². The Balaban J connectivity index is 2.05. The first-order valence-electron chi connectivity index (χ1n) is 5.54. The molecule has 0 spiro atoms. The van der Waals surface area contributed by atoms with E-state index in [2.05, 4.69) is 15.5 Å². The summed E-state index contributed by atoms with van der Waals surface area (Å²) in [5.41, 5.74) is 8.30. The molecular weight excluding hydrogens is 232 g/mol. The molecule has 0 radical (unpaired) electrons. The van der Waals surface area contributed by atoms with Crippen LogP contribution >= 0.6 is 0 Å². The van der Waals surface area contributed by atoms with Crippen LogP contribution in [0.1, 0.15) is 21.7 Å². The van der Waals surface area contributed by atoms with Crippen LogP contribution < -0.4 is 11.1 Å². The molecule has 2 aromatic rings. The van der Waals surface area contributed by atoms with Crippen molar-refractivity contribution in [3.05, 3.63) is 29.3 Å². The molecule has 3 N–H and O–H groups in total. The molecule has 1 amide bonds. The van der Waals surface area contributed by atoms with Crippen LogP contribution in [0.2, 0.25) is 0 Å². The van der Waals surface area contributed by atoms with Crippen LogP contribution in [0.25, 0.3) is 0 Å². The third-order valence-corrected chi connectivity index (χ3v) is 2.85. The van der Waals surface area contributed by atoms with Gasteiger partial charge >= 0.3 is 0 Å². The maximum atomic E-state index is 11.9. The molecule has 0 aromatic carbocycles. The quantitative estimate of drug-likeness (QED) is 0.798. The van der Waals surface area contributed by atoms with Crippen molar-refractivity contribution in [2.24, 2.45) is 14.1 Å². The molecule has 96 valence electrons. The topological polar surface area (TPSA) is 90.8 Å². The van der Waals surface area contributed by atoms with E-state index in [-0.39, 0.29) is 11.6 Å². The normalized spacial score (nSPS) is 10.6.